The molecular formula is C15H21ClFN. The van der Waals surface area contributed by atoms with Crippen molar-refractivity contribution in [3.05, 3.63) is 34.6 Å². The highest BCUT2D eigenvalue weighted by molar-refractivity contribution is 6.31. The van der Waals surface area contributed by atoms with Crippen molar-refractivity contribution in [2.45, 2.75) is 45.6 Å². The summed E-state index contributed by atoms with van der Waals surface area (Å²) < 4.78 is 13.4. The minimum absolute atomic E-state index is 0.282. The first-order chi connectivity index (χ1) is 8.57. The zero-order valence-corrected chi connectivity index (χ0v) is 11.9. The topological polar surface area (TPSA) is 12.0 Å². The Labute approximate surface area is 114 Å². The van der Waals surface area contributed by atoms with E-state index in [1.165, 1.54) is 18.9 Å². The van der Waals surface area contributed by atoms with Crippen LogP contribution in [-0.2, 0) is 6.42 Å². The Kier molecular flexibility index (Phi) is 4.29. The Hall–Kier alpha value is -0.600. The molecule has 0 amide bonds. The van der Waals surface area contributed by atoms with Crippen molar-refractivity contribution < 1.29 is 4.39 Å². The van der Waals surface area contributed by atoms with Crippen molar-refractivity contribution in [1.29, 1.82) is 0 Å². The summed E-state index contributed by atoms with van der Waals surface area (Å²) >= 11 is 6.04. The molecule has 0 aromatic heterocycles. The molecule has 1 aromatic rings. The van der Waals surface area contributed by atoms with Crippen LogP contribution in [0.4, 0.5) is 4.39 Å². The van der Waals surface area contributed by atoms with Gasteiger partial charge >= 0.3 is 0 Å². The third kappa shape index (κ3) is 3.04. The summed E-state index contributed by atoms with van der Waals surface area (Å²) in [5.74, 6) is -0.315. The van der Waals surface area contributed by atoms with Crippen LogP contribution in [0.3, 0.4) is 0 Å². The van der Waals surface area contributed by atoms with Crippen LogP contribution in [-0.4, -0.2) is 12.6 Å². The number of hydrogen-bond donors (Lipinski definition) is 1. The Balaban J connectivity index is 2.10. The molecule has 0 spiro atoms. The number of benzene rings is 1. The molecule has 1 fully saturated rings. The highest BCUT2D eigenvalue weighted by Gasteiger charge is 2.44. The molecule has 0 bridgehead atoms. The molecule has 2 rings (SSSR count). The van der Waals surface area contributed by atoms with Gasteiger partial charge in [-0.25, -0.2) is 4.39 Å². The van der Waals surface area contributed by atoms with Crippen LogP contribution >= 0.6 is 11.6 Å². The largest absolute Gasteiger partial charge is 0.313 e. The normalized spacial score (nSPS) is 18.7. The van der Waals surface area contributed by atoms with Gasteiger partial charge in [-0.1, -0.05) is 37.6 Å². The maximum atomic E-state index is 13.4. The maximum absolute atomic E-state index is 13.4. The van der Waals surface area contributed by atoms with Crippen LogP contribution < -0.4 is 5.32 Å². The molecule has 0 aliphatic heterocycles. The monoisotopic (exact) mass is 269 g/mol. The predicted molar refractivity (Wildman–Crippen MR) is 74.5 cm³/mol. The quantitative estimate of drug-likeness (QED) is 0.817. The van der Waals surface area contributed by atoms with Crippen molar-refractivity contribution in [1.82, 2.24) is 5.32 Å². The summed E-state index contributed by atoms with van der Waals surface area (Å²) in [6, 6.07) is 5.48. The molecule has 1 aliphatic rings. The standard InChI is InChI=1S/C15H21ClFN/c1-3-9-18-13(15(2)7-8-15)10-11-5-4-6-12(17)14(11)16/h4-6,13,18H,3,7-10H2,1-2H3. The van der Waals surface area contributed by atoms with Gasteiger partial charge in [-0.3, -0.25) is 0 Å². The van der Waals surface area contributed by atoms with Gasteiger partial charge < -0.3 is 5.32 Å². The molecule has 1 N–H and O–H groups in total. The molecule has 0 radical (unpaired) electrons. The molecule has 1 aromatic carbocycles. The Morgan fingerprint density at radius 2 is 2.17 bits per heavy atom. The van der Waals surface area contributed by atoms with Crippen molar-refractivity contribution in [2.24, 2.45) is 5.41 Å². The van der Waals surface area contributed by atoms with Crippen LogP contribution in [0.5, 0.6) is 0 Å². The first-order valence-electron chi connectivity index (χ1n) is 6.73. The average molecular weight is 270 g/mol. The predicted octanol–water partition coefficient (Wildman–Crippen LogP) is 4.19. The minimum atomic E-state index is -0.315. The van der Waals surface area contributed by atoms with Gasteiger partial charge in [0.25, 0.3) is 0 Å². The van der Waals surface area contributed by atoms with E-state index in [2.05, 4.69) is 19.2 Å². The highest BCUT2D eigenvalue weighted by Crippen LogP contribution is 2.49. The van der Waals surface area contributed by atoms with Crippen LogP contribution in [0.15, 0.2) is 18.2 Å². The van der Waals surface area contributed by atoms with E-state index < -0.39 is 0 Å². The zero-order chi connectivity index (χ0) is 13.2. The number of nitrogens with one attached hydrogen (secondary N) is 1. The first kappa shape index (κ1) is 13.8. The molecule has 0 heterocycles. The lowest BCUT2D eigenvalue weighted by atomic mass is 9.92. The van der Waals surface area contributed by atoms with E-state index >= 15 is 0 Å². The fourth-order valence-corrected chi connectivity index (χ4v) is 2.56. The van der Waals surface area contributed by atoms with E-state index in [0.29, 0.717) is 11.5 Å². The molecule has 18 heavy (non-hydrogen) atoms. The molecule has 1 nitrogen and oxygen atoms in total. The van der Waals surface area contributed by atoms with E-state index in [1.807, 2.05) is 6.07 Å². The summed E-state index contributed by atoms with van der Waals surface area (Å²) in [5.41, 5.74) is 1.28. The number of hydrogen-bond acceptors (Lipinski definition) is 1. The molecule has 1 atom stereocenters. The number of halogens is 2. The fourth-order valence-electron chi connectivity index (χ4n) is 2.36. The molecular weight excluding hydrogens is 249 g/mol. The Morgan fingerprint density at radius 3 is 2.78 bits per heavy atom. The van der Waals surface area contributed by atoms with Gasteiger partial charge in [-0.2, -0.15) is 0 Å². The molecule has 1 saturated carbocycles. The van der Waals surface area contributed by atoms with Crippen molar-refractivity contribution >= 4 is 11.6 Å². The minimum Gasteiger partial charge on any atom is -0.313 e. The fraction of sp³-hybridized carbons (Fsp3) is 0.600. The number of rotatable bonds is 6. The van der Waals surface area contributed by atoms with E-state index in [-0.39, 0.29) is 10.8 Å². The van der Waals surface area contributed by atoms with E-state index in [4.69, 9.17) is 11.6 Å². The van der Waals surface area contributed by atoms with Crippen LogP contribution in [0.25, 0.3) is 0 Å². The van der Waals surface area contributed by atoms with Gasteiger partial charge in [0, 0.05) is 6.04 Å². The van der Waals surface area contributed by atoms with Crippen molar-refractivity contribution in [3.63, 3.8) is 0 Å². The van der Waals surface area contributed by atoms with Gasteiger partial charge in [0.15, 0.2) is 0 Å². The van der Waals surface area contributed by atoms with Crippen LogP contribution in [0.1, 0.15) is 38.7 Å². The van der Waals surface area contributed by atoms with E-state index in [9.17, 15) is 4.39 Å². The van der Waals surface area contributed by atoms with E-state index in [0.717, 1.165) is 24.9 Å². The second-order valence-corrected chi connectivity index (χ2v) is 5.96. The summed E-state index contributed by atoms with van der Waals surface area (Å²) in [4.78, 5) is 0. The highest BCUT2D eigenvalue weighted by atomic mass is 35.5. The zero-order valence-electron chi connectivity index (χ0n) is 11.1. The Bertz CT molecular complexity index is 415. The van der Waals surface area contributed by atoms with Gasteiger partial charge in [0.05, 0.1) is 5.02 Å². The lowest BCUT2D eigenvalue weighted by molar-refractivity contribution is 0.354. The third-order valence-electron chi connectivity index (χ3n) is 3.98. The molecule has 1 unspecified atom stereocenters. The smallest absolute Gasteiger partial charge is 0.142 e. The molecule has 1 aliphatic carbocycles. The summed E-state index contributed by atoms with van der Waals surface area (Å²) in [6.07, 6.45) is 4.43. The third-order valence-corrected chi connectivity index (χ3v) is 4.40. The van der Waals surface area contributed by atoms with Crippen molar-refractivity contribution in [2.75, 3.05) is 6.54 Å². The van der Waals surface area contributed by atoms with Crippen molar-refractivity contribution in [3.8, 4) is 0 Å². The van der Waals surface area contributed by atoms with Gasteiger partial charge in [0.2, 0.25) is 0 Å². The van der Waals surface area contributed by atoms with E-state index in [1.54, 1.807) is 6.07 Å². The summed E-state index contributed by atoms with van der Waals surface area (Å²) in [7, 11) is 0. The molecule has 100 valence electrons. The van der Waals surface area contributed by atoms with Gasteiger partial charge in [0.1, 0.15) is 5.82 Å². The maximum Gasteiger partial charge on any atom is 0.142 e. The SMILES string of the molecule is CCCNC(Cc1cccc(F)c1Cl)C1(C)CC1. The van der Waals surface area contributed by atoms with Crippen LogP contribution in [0, 0.1) is 11.2 Å². The second kappa shape index (κ2) is 5.58. The summed E-state index contributed by atoms with van der Waals surface area (Å²) in [5, 5.41) is 3.87. The lowest BCUT2D eigenvalue weighted by Crippen LogP contribution is -2.38. The van der Waals surface area contributed by atoms with Crippen LogP contribution in [0.2, 0.25) is 5.02 Å². The molecule has 3 heteroatoms. The second-order valence-electron chi connectivity index (χ2n) is 5.58. The average Bonchev–Trinajstić information content (AvgIpc) is 3.09. The lowest BCUT2D eigenvalue weighted by Gasteiger charge is -2.25. The van der Waals surface area contributed by atoms with Gasteiger partial charge in [-0.15, -0.1) is 0 Å². The summed E-state index contributed by atoms with van der Waals surface area (Å²) in [6.45, 7) is 5.47. The van der Waals surface area contributed by atoms with Gasteiger partial charge in [-0.05, 0) is 49.3 Å². The Morgan fingerprint density at radius 1 is 1.44 bits per heavy atom. The first-order valence-corrected chi connectivity index (χ1v) is 7.11. The molecule has 0 saturated heterocycles.